The fourth-order valence-electron chi connectivity index (χ4n) is 4.71. The van der Waals surface area contributed by atoms with Gasteiger partial charge in [0.1, 0.15) is 12.8 Å². The second-order valence-corrected chi connectivity index (χ2v) is 13.3. The molecular weight excluding hydrogens is 746 g/mol. The van der Waals surface area contributed by atoms with Gasteiger partial charge < -0.3 is 10.6 Å². The molecule has 1 amide bonds. The van der Waals surface area contributed by atoms with Crippen molar-refractivity contribution < 1.29 is 9.42 Å². The number of rotatable bonds is 15. The summed E-state index contributed by atoms with van der Waals surface area (Å²) in [7, 11) is 0. The van der Waals surface area contributed by atoms with E-state index in [2.05, 4.69) is 93.8 Å². The highest BCUT2D eigenvalue weighted by atomic mass is 127. The number of halogens is 2. The summed E-state index contributed by atoms with van der Waals surface area (Å²) in [5.74, 6) is 1.39. The Morgan fingerprint density at radius 1 is 1.03 bits per heavy atom. The van der Waals surface area contributed by atoms with Crippen LogP contribution in [0, 0.1) is 0 Å². The summed E-state index contributed by atoms with van der Waals surface area (Å²) in [6, 6.07) is 9.01. The molecule has 4 rings (SSSR count). The molecule has 2 atom stereocenters. The van der Waals surface area contributed by atoms with Crippen LogP contribution < -0.4 is 16.1 Å². The van der Waals surface area contributed by atoms with E-state index in [0.29, 0.717) is 24.8 Å². The molecule has 13 heteroatoms. The molecule has 0 radical (unpaired) electrons. The summed E-state index contributed by atoms with van der Waals surface area (Å²) >= 11 is 4.44. The molecule has 206 valence electrons. The topological polar surface area (TPSA) is 106 Å². The smallest absolute Gasteiger partial charge is 0.243 e. The van der Waals surface area contributed by atoms with Crippen molar-refractivity contribution in [2.45, 2.75) is 83.1 Å². The zero-order chi connectivity index (χ0) is 26.6. The van der Waals surface area contributed by atoms with Crippen molar-refractivity contribution in [1.82, 2.24) is 24.8 Å². The number of aryl methyl sites for hydroxylation is 1. The highest BCUT2D eigenvalue weighted by molar-refractivity contribution is 14.2. The van der Waals surface area contributed by atoms with Crippen molar-refractivity contribution in [3.05, 3.63) is 36.2 Å². The SMILES string of the molecule is O=C(CCCCCCCc1ccc(Nc2nc(NC3CCCCC3)c3ncn(PI)c3n2)cc1)NOPI. The third-order valence-corrected chi connectivity index (χ3v) is 9.62. The van der Waals surface area contributed by atoms with Crippen LogP contribution in [0.5, 0.6) is 0 Å². The van der Waals surface area contributed by atoms with Crippen molar-refractivity contribution in [2.24, 2.45) is 0 Å². The molecule has 0 saturated heterocycles. The number of hydrogen-bond acceptors (Lipinski definition) is 7. The summed E-state index contributed by atoms with van der Waals surface area (Å²) in [5.41, 5.74) is 6.46. The average Bonchev–Trinajstić information content (AvgIpc) is 3.36. The maximum atomic E-state index is 11.5. The minimum Gasteiger partial charge on any atom is -0.365 e. The van der Waals surface area contributed by atoms with Gasteiger partial charge >= 0.3 is 0 Å². The van der Waals surface area contributed by atoms with Crippen molar-refractivity contribution in [1.29, 1.82) is 0 Å². The Balaban J connectivity index is 1.27. The van der Waals surface area contributed by atoms with Gasteiger partial charge in [-0.1, -0.05) is 50.7 Å². The van der Waals surface area contributed by atoms with Gasteiger partial charge in [-0.3, -0.25) is 9.13 Å². The van der Waals surface area contributed by atoms with Gasteiger partial charge in [0, 0.05) is 18.2 Å². The van der Waals surface area contributed by atoms with E-state index in [4.69, 9.17) is 14.6 Å². The van der Waals surface area contributed by atoms with Gasteiger partial charge in [0.15, 0.2) is 17.0 Å². The molecule has 1 aromatic carbocycles. The molecular formula is C25H35I2N7O2P2. The molecule has 2 heterocycles. The van der Waals surface area contributed by atoms with Crippen molar-refractivity contribution in [3.8, 4) is 0 Å². The Labute approximate surface area is 253 Å². The number of hydroxylamine groups is 1. The highest BCUT2D eigenvalue weighted by Crippen LogP contribution is 2.32. The molecule has 0 bridgehead atoms. The average molecular weight is 781 g/mol. The van der Waals surface area contributed by atoms with E-state index in [1.807, 2.05) is 6.33 Å². The number of carbonyl (C=O) groups excluding carboxylic acids is 1. The van der Waals surface area contributed by atoms with Crippen molar-refractivity contribution in [2.75, 3.05) is 10.6 Å². The lowest BCUT2D eigenvalue weighted by Gasteiger charge is -2.23. The second-order valence-electron chi connectivity index (χ2n) is 9.54. The first-order valence-electron chi connectivity index (χ1n) is 13.2. The summed E-state index contributed by atoms with van der Waals surface area (Å²) in [5, 5.41) is 7.07. The lowest BCUT2D eigenvalue weighted by molar-refractivity contribution is -0.127. The Morgan fingerprint density at radius 2 is 1.79 bits per heavy atom. The van der Waals surface area contributed by atoms with E-state index in [0.717, 1.165) is 54.8 Å². The number of unbranched alkanes of at least 4 members (excludes halogenated alkanes) is 4. The number of fused-ring (bicyclic) bond motifs is 1. The van der Waals surface area contributed by atoms with Crippen LogP contribution in [0.3, 0.4) is 0 Å². The number of amides is 1. The summed E-state index contributed by atoms with van der Waals surface area (Å²) in [6.45, 7) is 0.252. The molecule has 1 aliphatic carbocycles. The first-order valence-corrected chi connectivity index (χ1v) is 21.3. The van der Waals surface area contributed by atoms with Crippen molar-refractivity contribution in [3.63, 3.8) is 0 Å². The van der Waals surface area contributed by atoms with E-state index >= 15 is 0 Å². The number of benzene rings is 1. The third kappa shape index (κ3) is 9.35. The Hall–Kier alpha value is -0.880. The molecule has 2 unspecified atom stereocenters. The first kappa shape index (κ1) is 30.1. The molecule has 0 spiro atoms. The van der Waals surface area contributed by atoms with Gasteiger partial charge in [-0.15, -0.1) is 0 Å². The molecule has 1 saturated carbocycles. The van der Waals surface area contributed by atoms with Gasteiger partial charge in [-0.2, -0.15) is 9.97 Å². The number of nitrogens with one attached hydrogen (secondary N) is 3. The maximum absolute atomic E-state index is 11.5. The quantitative estimate of drug-likeness (QED) is 0.0622. The fraction of sp³-hybridized carbons (Fsp3) is 0.520. The van der Waals surface area contributed by atoms with Crippen LogP contribution in [-0.2, 0) is 15.8 Å². The predicted octanol–water partition coefficient (Wildman–Crippen LogP) is 7.98. The molecule has 0 aliphatic heterocycles. The van der Waals surface area contributed by atoms with E-state index in [1.165, 1.54) is 44.1 Å². The molecule has 2 aromatic heterocycles. The van der Waals surface area contributed by atoms with Gasteiger partial charge in [-0.05, 0) is 93.9 Å². The van der Waals surface area contributed by atoms with E-state index in [9.17, 15) is 4.79 Å². The molecule has 3 N–H and O–H groups in total. The van der Waals surface area contributed by atoms with Crippen LogP contribution >= 0.6 is 56.9 Å². The number of nitrogens with zero attached hydrogens (tertiary/aromatic N) is 4. The van der Waals surface area contributed by atoms with Crippen molar-refractivity contribution >= 4 is 91.4 Å². The summed E-state index contributed by atoms with van der Waals surface area (Å²) in [6.07, 6.45) is 15.6. The largest absolute Gasteiger partial charge is 0.365 e. The van der Waals surface area contributed by atoms with Gasteiger partial charge in [0.2, 0.25) is 11.9 Å². The van der Waals surface area contributed by atoms with Crippen LogP contribution in [0.25, 0.3) is 11.2 Å². The number of imidazole rings is 1. The van der Waals surface area contributed by atoms with Crippen LogP contribution in [0.4, 0.5) is 17.5 Å². The van der Waals surface area contributed by atoms with Gasteiger partial charge in [-0.25, -0.2) is 15.1 Å². The third-order valence-electron chi connectivity index (χ3n) is 6.72. The molecule has 9 nitrogen and oxygen atoms in total. The van der Waals surface area contributed by atoms with Gasteiger partial charge in [0.05, 0.1) is 6.37 Å². The first-order chi connectivity index (χ1) is 18.7. The number of aromatic nitrogens is 4. The molecule has 38 heavy (non-hydrogen) atoms. The highest BCUT2D eigenvalue weighted by Gasteiger charge is 2.18. The summed E-state index contributed by atoms with van der Waals surface area (Å²) in [4.78, 5) is 25.8. The normalized spacial score (nSPS) is 14.7. The van der Waals surface area contributed by atoms with Crippen LogP contribution in [0.2, 0.25) is 0 Å². The second kappa shape index (κ2) is 16.4. The van der Waals surface area contributed by atoms with E-state index < -0.39 is 0 Å². The number of carbonyl (C=O) groups is 1. The number of hydrogen-bond donors (Lipinski definition) is 3. The Bertz CT molecular complexity index is 1160. The Kier molecular flexibility index (Phi) is 13.0. The zero-order valence-electron chi connectivity index (χ0n) is 21.3. The maximum Gasteiger partial charge on any atom is 0.243 e. The zero-order valence-corrected chi connectivity index (χ0v) is 27.6. The number of anilines is 3. The van der Waals surface area contributed by atoms with E-state index in [1.54, 1.807) is 0 Å². The predicted molar refractivity (Wildman–Crippen MR) is 176 cm³/mol. The molecule has 1 fully saturated rings. The monoisotopic (exact) mass is 781 g/mol. The minimum atomic E-state index is -0.0269. The standard InChI is InChI=1S/C25H35I2N7O2P2/c26-37-34-17-28-22-23(29-19-10-6-4-7-11-19)31-25(32-24(22)34)30-20-15-13-18(14-16-20)9-5-2-1-3-8-12-21(35)33-36-38-27/h13-17,19,37-38H,1-12H2,(H,33,35)(H2,29,30,31,32). The molecule has 3 aromatic rings. The van der Waals surface area contributed by atoms with Crippen LogP contribution in [-0.4, -0.2) is 31.2 Å². The van der Waals surface area contributed by atoms with Crippen LogP contribution in [0.15, 0.2) is 30.6 Å². The minimum absolute atomic E-state index is 0.0269. The Morgan fingerprint density at radius 3 is 2.55 bits per heavy atom. The summed E-state index contributed by atoms with van der Waals surface area (Å²) < 4.78 is 7.01. The lowest BCUT2D eigenvalue weighted by Crippen LogP contribution is -2.23. The van der Waals surface area contributed by atoms with Crippen LogP contribution in [0.1, 0.15) is 76.2 Å². The van der Waals surface area contributed by atoms with Gasteiger partial charge in [0.25, 0.3) is 0 Å². The van der Waals surface area contributed by atoms with E-state index in [-0.39, 0.29) is 12.4 Å². The fourth-order valence-corrected chi connectivity index (χ4v) is 6.59. The lowest BCUT2D eigenvalue weighted by atomic mass is 9.95. The molecule has 1 aliphatic rings.